The number of hydrogen-bond acceptors (Lipinski definition) is 4. The number of rotatable bonds is 4. The van der Waals surface area contributed by atoms with E-state index < -0.39 is 11.9 Å². The molecule has 1 aromatic heterocycles. The summed E-state index contributed by atoms with van der Waals surface area (Å²) in [6.07, 6.45) is 2.63. The fourth-order valence-electron chi connectivity index (χ4n) is 2.28. The molecule has 0 saturated heterocycles. The number of hydrogen-bond donors (Lipinski definition) is 2. The molecule has 0 spiro atoms. The van der Waals surface area contributed by atoms with Crippen molar-refractivity contribution in [3.63, 3.8) is 0 Å². The lowest BCUT2D eigenvalue weighted by Gasteiger charge is -2.27. The third-order valence-corrected chi connectivity index (χ3v) is 5.38. The monoisotopic (exact) mass is 296 g/mol. The standard InChI is InChI=1S/C15H24N2O2S/c1-9(15(2,3)4)8-16-14-17-12-10(13(18)19)6-5-7-11(12)20-14/h9-10H,5-8H2,1-4H3,(H,16,17)(H,18,19). The molecule has 112 valence electrons. The van der Waals surface area contributed by atoms with Crippen LogP contribution in [0.1, 0.15) is 57.0 Å². The first-order valence-corrected chi connectivity index (χ1v) is 8.07. The van der Waals surface area contributed by atoms with E-state index in [9.17, 15) is 9.90 Å². The largest absolute Gasteiger partial charge is 0.481 e. The van der Waals surface area contributed by atoms with Crippen LogP contribution in [0.5, 0.6) is 0 Å². The molecule has 0 radical (unpaired) electrons. The highest BCUT2D eigenvalue weighted by atomic mass is 32.1. The van der Waals surface area contributed by atoms with Crippen molar-refractivity contribution >= 4 is 22.4 Å². The second-order valence-electron chi connectivity index (χ2n) is 6.76. The van der Waals surface area contributed by atoms with E-state index in [1.54, 1.807) is 11.3 Å². The van der Waals surface area contributed by atoms with Crippen molar-refractivity contribution in [1.82, 2.24) is 4.98 Å². The summed E-state index contributed by atoms with van der Waals surface area (Å²) >= 11 is 1.62. The predicted octanol–water partition coefficient (Wildman–Crippen LogP) is 3.74. The number of carboxylic acid groups (broad SMARTS) is 1. The Morgan fingerprint density at radius 2 is 2.25 bits per heavy atom. The Balaban J connectivity index is 2.07. The number of nitrogens with one attached hydrogen (secondary N) is 1. The zero-order chi connectivity index (χ0) is 14.9. The van der Waals surface area contributed by atoms with E-state index >= 15 is 0 Å². The highest BCUT2D eigenvalue weighted by molar-refractivity contribution is 7.15. The minimum absolute atomic E-state index is 0.257. The highest BCUT2D eigenvalue weighted by Gasteiger charge is 2.30. The molecule has 0 amide bonds. The van der Waals surface area contributed by atoms with Crippen LogP contribution < -0.4 is 5.32 Å². The van der Waals surface area contributed by atoms with Gasteiger partial charge in [-0.2, -0.15) is 0 Å². The average Bonchev–Trinajstić information content (AvgIpc) is 2.76. The van der Waals surface area contributed by atoms with Crippen LogP contribution in [0.2, 0.25) is 0 Å². The Morgan fingerprint density at radius 3 is 2.85 bits per heavy atom. The third-order valence-electron chi connectivity index (χ3n) is 4.29. The summed E-state index contributed by atoms with van der Waals surface area (Å²) < 4.78 is 0. The molecule has 5 heteroatoms. The van der Waals surface area contributed by atoms with Gasteiger partial charge in [-0.1, -0.05) is 27.7 Å². The van der Waals surface area contributed by atoms with Gasteiger partial charge in [-0.3, -0.25) is 4.79 Å². The Hall–Kier alpha value is -1.10. The molecule has 1 aliphatic carbocycles. The first-order valence-electron chi connectivity index (χ1n) is 7.25. The van der Waals surface area contributed by atoms with Crippen molar-refractivity contribution in [3.05, 3.63) is 10.6 Å². The van der Waals surface area contributed by atoms with Crippen LogP contribution in [0.4, 0.5) is 5.13 Å². The van der Waals surface area contributed by atoms with Crippen molar-refractivity contribution in [1.29, 1.82) is 0 Å². The second kappa shape index (κ2) is 5.72. The maximum Gasteiger partial charge on any atom is 0.312 e. The van der Waals surface area contributed by atoms with Crippen molar-refractivity contribution in [2.24, 2.45) is 11.3 Å². The van der Waals surface area contributed by atoms with Gasteiger partial charge in [0.25, 0.3) is 0 Å². The lowest BCUT2D eigenvalue weighted by Crippen LogP contribution is -2.24. The van der Waals surface area contributed by atoms with E-state index in [0.29, 0.717) is 12.3 Å². The number of fused-ring (bicyclic) bond motifs is 1. The number of nitrogens with zero attached hydrogens (tertiary/aromatic N) is 1. The van der Waals surface area contributed by atoms with Crippen LogP contribution in [0, 0.1) is 11.3 Å². The molecule has 4 nitrogen and oxygen atoms in total. The molecule has 1 aromatic rings. The van der Waals surface area contributed by atoms with Gasteiger partial charge in [0.1, 0.15) is 5.92 Å². The summed E-state index contributed by atoms with van der Waals surface area (Å²) in [5.41, 5.74) is 1.05. The maximum absolute atomic E-state index is 11.3. The number of aryl methyl sites for hydroxylation is 1. The number of anilines is 1. The zero-order valence-electron chi connectivity index (χ0n) is 12.7. The minimum Gasteiger partial charge on any atom is -0.481 e. The summed E-state index contributed by atoms with van der Waals surface area (Å²) in [5, 5.41) is 13.5. The smallest absolute Gasteiger partial charge is 0.312 e. The molecule has 2 rings (SSSR count). The lowest BCUT2D eigenvalue weighted by molar-refractivity contribution is -0.139. The van der Waals surface area contributed by atoms with Gasteiger partial charge in [-0.15, -0.1) is 11.3 Å². The van der Waals surface area contributed by atoms with E-state index in [-0.39, 0.29) is 5.41 Å². The van der Waals surface area contributed by atoms with Gasteiger partial charge in [0, 0.05) is 11.4 Å². The van der Waals surface area contributed by atoms with Crippen LogP contribution in [0.25, 0.3) is 0 Å². The molecule has 2 atom stereocenters. The van der Waals surface area contributed by atoms with Crippen LogP contribution in [0.3, 0.4) is 0 Å². The molecule has 0 aliphatic heterocycles. The van der Waals surface area contributed by atoms with E-state index in [1.807, 2.05) is 0 Å². The molecule has 2 unspecified atom stereocenters. The Kier molecular flexibility index (Phi) is 4.37. The number of carbonyl (C=O) groups is 1. The Labute approximate surface area is 124 Å². The van der Waals surface area contributed by atoms with Crippen molar-refractivity contribution in [3.8, 4) is 0 Å². The van der Waals surface area contributed by atoms with Gasteiger partial charge in [-0.05, 0) is 30.6 Å². The van der Waals surface area contributed by atoms with Crippen LogP contribution >= 0.6 is 11.3 Å². The molecule has 0 bridgehead atoms. The first-order chi connectivity index (χ1) is 9.29. The molecule has 0 aromatic carbocycles. The van der Waals surface area contributed by atoms with Gasteiger partial charge in [0.15, 0.2) is 5.13 Å². The summed E-state index contributed by atoms with van der Waals surface area (Å²) in [4.78, 5) is 16.9. The molecular weight excluding hydrogens is 272 g/mol. The average molecular weight is 296 g/mol. The SMILES string of the molecule is CC(CNc1nc2c(s1)CCCC2C(=O)O)C(C)(C)C. The van der Waals surface area contributed by atoms with Crippen LogP contribution in [0.15, 0.2) is 0 Å². The fraction of sp³-hybridized carbons (Fsp3) is 0.733. The number of aliphatic carboxylic acids is 1. The molecule has 20 heavy (non-hydrogen) atoms. The lowest BCUT2D eigenvalue weighted by atomic mass is 9.82. The molecule has 2 N–H and O–H groups in total. The van der Waals surface area contributed by atoms with Gasteiger partial charge < -0.3 is 10.4 Å². The fourth-order valence-corrected chi connectivity index (χ4v) is 3.35. The predicted molar refractivity (Wildman–Crippen MR) is 82.5 cm³/mol. The Bertz CT molecular complexity index is 491. The normalized spacial score (nSPS) is 20.3. The van der Waals surface area contributed by atoms with E-state index in [2.05, 4.69) is 38.0 Å². The maximum atomic E-state index is 11.3. The summed E-state index contributed by atoms with van der Waals surface area (Å²) in [5.74, 6) is -0.629. The molecular formula is C15H24N2O2S. The van der Waals surface area contributed by atoms with Gasteiger partial charge in [0.2, 0.25) is 0 Å². The van der Waals surface area contributed by atoms with Gasteiger partial charge in [-0.25, -0.2) is 4.98 Å². The highest BCUT2D eigenvalue weighted by Crippen LogP contribution is 2.37. The summed E-state index contributed by atoms with van der Waals surface area (Å²) in [6.45, 7) is 9.78. The van der Waals surface area contributed by atoms with E-state index in [4.69, 9.17) is 0 Å². The number of thiazole rings is 1. The number of aromatic nitrogens is 1. The first kappa shape index (κ1) is 15.3. The second-order valence-corrected chi connectivity index (χ2v) is 7.84. The van der Waals surface area contributed by atoms with Crippen molar-refractivity contribution in [2.45, 2.75) is 52.9 Å². The summed E-state index contributed by atoms with van der Waals surface area (Å²) in [6, 6.07) is 0. The van der Waals surface area contributed by atoms with Crippen LogP contribution in [-0.4, -0.2) is 22.6 Å². The van der Waals surface area contributed by atoms with E-state index in [1.165, 1.54) is 0 Å². The quantitative estimate of drug-likeness (QED) is 0.888. The Morgan fingerprint density at radius 1 is 1.55 bits per heavy atom. The topological polar surface area (TPSA) is 62.2 Å². The molecule has 1 heterocycles. The zero-order valence-corrected chi connectivity index (χ0v) is 13.5. The third kappa shape index (κ3) is 3.32. The van der Waals surface area contributed by atoms with Gasteiger partial charge in [0.05, 0.1) is 5.69 Å². The summed E-state index contributed by atoms with van der Waals surface area (Å²) in [7, 11) is 0. The van der Waals surface area contributed by atoms with Gasteiger partial charge >= 0.3 is 5.97 Å². The molecule has 1 aliphatic rings. The van der Waals surface area contributed by atoms with Crippen molar-refractivity contribution < 1.29 is 9.90 Å². The number of carboxylic acids is 1. The molecule has 0 saturated carbocycles. The van der Waals surface area contributed by atoms with E-state index in [0.717, 1.165) is 35.1 Å². The van der Waals surface area contributed by atoms with Crippen molar-refractivity contribution in [2.75, 3.05) is 11.9 Å². The minimum atomic E-state index is -0.745. The molecule has 0 fully saturated rings. The van der Waals surface area contributed by atoms with Crippen LogP contribution in [-0.2, 0) is 11.2 Å².